The van der Waals surface area contributed by atoms with Crippen molar-refractivity contribution in [2.24, 2.45) is 0 Å². The first-order valence-corrected chi connectivity index (χ1v) is 9.19. The predicted molar refractivity (Wildman–Crippen MR) is 95.0 cm³/mol. The van der Waals surface area contributed by atoms with Crippen molar-refractivity contribution < 1.29 is 14.3 Å². The van der Waals surface area contributed by atoms with Gasteiger partial charge >= 0.3 is 0 Å². The van der Waals surface area contributed by atoms with E-state index in [1.54, 1.807) is 17.4 Å². The lowest BCUT2D eigenvalue weighted by Gasteiger charge is -2.30. The van der Waals surface area contributed by atoms with Crippen LogP contribution in [0.4, 0.5) is 5.13 Å². The highest BCUT2D eigenvalue weighted by molar-refractivity contribution is 7.16. The second-order valence-corrected chi connectivity index (χ2v) is 7.12. The molecule has 1 aliphatic heterocycles. The van der Waals surface area contributed by atoms with Gasteiger partial charge in [-0.2, -0.15) is 0 Å². The maximum atomic E-state index is 12.5. The first kappa shape index (κ1) is 15.2. The van der Waals surface area contributed by atoms with Crippen molar-refractivity contribution in [3.8, 4) is 22.1 Å². The lowest BCUT2D eigenvalue weighted by molar-refractivity contribution is -0.128. The number of aromatic nitrogens is 1. The van der Waals surface area contributed by atoms with E-state index in [1.807, 2.05) is 48.0 Å². The largest absolute Gasteiger partial charge is 0.482 e. The van der Waals surface area contributed by atoms with E-state index in [2.05, 4.69) is 10.3 Å². The second kappa shape index (κ2) is 6.26. The van der Waals surface area contributed by atoms with E-state index in [9.17, 15) is 4.79 Å². The number of carbonyl (C=O) groups is 1. The first-order chi connectivity index (χ1) is 11.7. The molecule has 1 amide bonds. The molecule has 0 spiro atoms. The standard InChI is InChI=1S/C17H14N2O3S2/c1-10-15(22-13-6-3-2-5-12(13)21-10)16(20)19-17-18-11(9-24-17)14-7-4-8-23-14/h2-10,15H,1H3,(H,18,19,20). The highest BCUT2D eigenvalue weighted by Crippen LogP contribution is 2.34. The van der Waals surface area contributed by atoms with Gasteiger partial charge in [0, 0.05) is 5.38 Å². The number of thiazole rings is 1. The van der Waals surface area contributed by atoms with Gasteiger partial charge in [-0.15, -0.1) is 22.7 Å². The molecule has 2 aromatic heterocycles. The molecule has 0 aliphatic carbocycles. The molecule has 1 aliphatic rings. The highest BCUT2D eigenvalue weighted by atomic mass is 32.1. The minimum absolute atomic E-state index is 0.260. The summed E-state index contributed by atoms with van der Waals surface area (Å²) in [6.07, 6.45) is -1.09. The molecule has 5 nitrogen and oxygen atoms in total. The maximum absolute atomic E-state index is 12.5. The van der Waals surface area contributed by atoms with E-state index in [0.29, 0.717) is 16.6 Å². The number of benzene rings is 1. The lowest BCUT2D eigenvalue weighted by atomic mass is 10.1. The van der Waals surface area contributed by atoms with Gasteiger partial charge in [0.1, 0.15) is 6.10 Å². The molecule has 7 heteroatoms. The van der Waals surface area contributed by atoms with Crippen molar-refractivity contribution >= 4 is 33.7 Å². The van der Waals surface area contributed by atoms with Gasteiger partial charge in [-0.3, -0.25) is 10.1 Å². The average molecular weight is 358 g/mol. The van der Waals surface area contributed by atoms with Crippen molar-refractivity contribution in [1.82, 2.24) is 4.98 Å². The Morgan fingerprint density at radius 2 is 1.92 bits per heavy atom. The Hall–Kier alpha value is -2.38. The van der Waals surface area contributed by atoms with E-state index >= 15 is 0 Å². The summed E-state index contributed by atoms with van der Waals surface area (Å²) >= 11 is 3.01. The summed E-state index contributed by atoms with van der Waals surface area (Å²) in [6.45, 7) is 1.82. The van der Waals surface area contributed by atoms with Crippen LogP contribution < -0.4 is 14.8 Å². The molecule has 4 rings (SSSR count). The van der Waals surface area contributed by atoms with Crippen LogP contribution in [0, 0.1) is 0 Å². The topological polar surface area (TPSA) is 60.5 Å². The molecule has 0 bridgehead atoms. The highest BCUT2D eigenvalue weighted by Gasteiger charge is 2.34. The lowest BCUT2D eigenvalue weighted by Crippen LogP contribution is -2.46. The Labute approximate surface area is 146 Å². The average Bonchev–Trinajstić information content (AvgIpc) is 3.25. The van der Waals surface area contributed by atoms with Gasteiger partial charge in [0.2, 0.25) is 6.10 Å². The number of nitrogens with zero attached hydrogens (tertiary/aromatic N) is 1. The third-order valence-corrected chi connectivity index (χ3v) is 5.26. The molecule has 0 saturated carbocycles. The Morgan fingerprint density at radius 1 is 1.12 bits per heavy atom. The fourth-order valence-electron chi connectivity index (χ4n) is 2.45. The molecule has 0 fully saturated rings. The zero-order valence-electron chi connectivity index (χ0n) is 12.8. The first-order valence-electron chi connectivity index (χ1n) is 7.43. The molecule has 3 heterocycles. The van der Waals surface area contributed by atoms with Crippen molar-refractivity contribution in [2.75, 3.05) is 5.32 Å². The summed E-state index contributed by atoms with van der Waals surface area (Å²) in [5, 5.41) is 7.31. The fraction of sp³-hybridized carbons (Fsp3) is 0.176. The van der Waals surface area contributed by atoms with E-state index in [1.165, 1.54) is 11.3 Å². The maximum Gasteiger partial charge on any atom is 0.271 e. The number of para-hydroxylation sites is 2. The minimum atomic E-state index is -0.714. The van der Waals surface area contributed by atoms with Gasteiger partial charge in [0.05, 0.1) is 10.6 Å². The molecular weight excluding hydrogens is 344 g/mol. The fourth-order valence-corrected chi connectivity index (χ4v) is 3.93. The molecule has 2 unspecified atom stereocenters. The van der Waals surface area contributed by atoms with Crippen LogP contribution in [0.15, 0.2) is 47.2 Å². The zero-order valence-corrected chi connectivity index (χ0v) is 14.4. The van der Waals surface area contributed by atoms with Gasteiger partial charge in [-0.05, 0) is 30.5 Å². The number of ether oxygens (including phenoxy) is 2. The van der Waals surface area contributed by atoms with Crippen LogP contribution in [0.25, 0.3) is 10.6 Å². The summed E-state index contributed by atoms with van der Waals surface area (Å²) in [4.78, 5) is 18.1. The van der Waals surface area contributed by atoms with Crippen LogP contribution in [-0.4, -0.2) is 23.1 Å². The normalized spacial score (nSPS) is 19.0. The number of anilines is 1. The minimum Gasteiger partial charge on any atom is -0.482 e. The van der Waals surface area contributed by atoms with Crippen LogP contribution in [0.3, 0.4) is 0 Å². The van der Waals surface area contributed by atoms with E-state index in [4.69, 9.17) is 9.47 Å². The molecule has 3 aromatic rings. The van der Waals surface area contributed by atoms with Gasteiger partial charge in [-0.1, -0.05) is 18.2 Å². The van der Waals surface area contributed by atoms with Gasteiger partial charge < -0.3 is 9.47 Å². The van der Waals surface area contributed by atoms with E-state index in [-0.39, 0.29) is 12.0 Å². The van der Waals surface area contributed by atoms with Gasteiger partial charge in [-0.25, -0.2) is 4.98 Å². The molecule has 24 heavy (non-hydrogen) atoms. The summed E-state index contributed by atoms with van der Waals surface area (Å²) in [7, 11) is 0. The van der Waals surface area contributed by atoms with Crippen LogP contribution >= 0.6 is 22.7 Å². The predicted octanol–water partition coefficient (Wildman–Crippen LogP) is 4.04. The third kappa shape index (κ3) is 2.88. The number of hydrogen-bond donors (Lipinski definition) is 1. The van der Waals surface area contributed by atoms with Crippen molar-refractivity contribution in [1.29, 1.82) is 0 Å². The smallest absolute Gasteiger partial charge is 0.271 e. The number of nitrogens with one attached hydrogen (secondary N) is 1. The summed E-state index contributed by atoms with van der Waals surface area (Å²) < 4.78 is 11.6. The van der Waals surface area contributed by atoms with Gasteiger partial charge in [0.25, 0.3) is 5.91 Å². The Morgan fingerprint density at radius 3 is 2.67 bits per heavy atom. The van der Waals surface area contributed by atoms with Crippen molar-refractivity contribution in [2.45, 2.75) is 19.1 Å². The van der Waals surface area contributed by atoms with E-state index in [0.717, 1.165) is 10.6 Å². The molecule has 0 radical (unpaired) electrons. The number of rotatable bonds is 3. The number of fused-ring (bicyclic) bond motifs is 1. The Kier molecular flexibility index (Phi) is 3.95. The zero-order chi connectivity index (χ0) is 16.5. The number of thiophene rings is 1. The molecular formula is C17H14N2O3S2. The van der Waals surface area contributed by atoms with Crippen molar-refractivity contribution in [3.63, 3.8) is 0 Å². The molecule has 2 atom stereocenters. The van der Waals surface area contributed by atoms with Crippen LogP contribution in [-0.2, 0) is 4.79 Å². The number of hydrogen-bond acceptors (Lipinski definition) is 6. The summed E-state index contributed by atoms with van der Waals surface area (Å²) in [5.74, 6) is 0.974. The van der Waals surface area contributed by atoms with E-state index < -0.39 is 6.10 Å². The van der Waals surface area contributed by atoms with Gasteiger partial charge in [0.15, 0.2) is 16.6 Å². The second-order valence-electron chi connectivity index (χ2n) is 5.31. The quantitative estimate of drug-likeness (QED) is 0.768. The van der Waals surface area contributed by atoms with Crippen LogP contribution in [0.5, 0.6) is 11.5 Å². The molecule has 1 aromatic carbocycles. The number of carbonyl (C=O) groups excluding carboxylic acids is 1. The monoisotopic (exact) mass is 358 g/mol. The van der Waals surface area contributed by atoms with Crippen LogP contribution in [0.1, 0.15) is 6.92 Å². The Balaban J connectivity index is 1.49. The molecule has 1 N–H and O–H groups in total. The SMILES string of the molecule is CC1Oc2ccccc2OC1C(=O)Nc1nc(-c2cccs2)cs1. The molecule has 0 saturated heterocycles. The Bertz CT molecular complexity index is 860. The van der Waals surface area contributed by atoms with Crippen molar-refractivity contribution in [3.05, 3.63) is 47.2 Å². The van der Waals surface area contributed by atoms with Crippen LogP contribution in [0.2, 0.25) is 0 Å². The summed E-state index contributed by atoms with van der Waals surface area (Å²) in [5.41, 5.74) is 0.865. The summed E-state index contributed by atoms with van der Waals surface area (Å²) in [6, 6.07) is 11.3. The number of amides is 1. The third-order valence-electron chi connectivity index (χ3n) is 3.61. The molecule has 122 valence electrons.